The summed E-state index contributed by atoms with van der Waals surface area (Å²) in [5.74, 6) is 1.84. The second kappa shape index (κ2) is 8.86. The predicted molar refractivity (Wildman–Crippen MR) is 121 cm³/mol. The predicted octanol–water partition coefficient (Wildman–Crippen LogP) is 4.31. The zero-order valence-corrected chi connectivity index (χ0v) is 18.1. The first-order chi connectivity index (χ1) is 14.5. The SMILES string of the molecule is Cc1nc(C(Cc2c[nH]c3ccccc23)NC(=O)C2CCCCC2)cc(N(C)C)n1. The van der Waals surface area contributed by atoms with E-state index in [1.54, 1.807) is 0 Å². The first-order valence-electron chi connectivity index (χ1n) is 10.9. The van der Waals surface area contributed by atoms with Crippen LogP contribution in [0.15, 0.2) is 36.5 Å². The maximum absolute atomic E-state index is 13.1. The summed E-state index contributed by atoms with van der Waals surface area (Å²) in [6.45, 7) is 1.90. The number of hydrogen-bond acceptors (Lipinski definition) is 4. The second-order valence-electron chi connectivity index (χ2n) is 8.55. The molecule has 1 aliphatic rings. The molecular formula is C24H31N5O. The third-order valence-electron chi connectivity index (χ3n) is 6.05. The molecule has 2 N–H and O–H groups in total. The molecule has 3 aromatic rings. The Morgan fingerprint density at radius 1 is 1.20 bits per heavy atom. The van der Waals surface area contributed by atoms with Gasteiger partial charge in [0.05, 0.1) is 11.7 Å². The average Bonchev–Trinajstić information content (AvgIpc) is 3.16. The van der Waals surface area contributed by atoms with Gasteiger partial charge in [-0.2, -0.15) is 0 Å². The van der Waals surface area contributed by atoms with Gasteiger partial charge in [-0.15, -0.1) is 0 Å². The minimum absolute atomic E-state index is 0.112. The van der Waals surface area contributed by atoms with E-state index in [4.69, 9.17) is 4.98 Å². The summed E-state index contributed by atoms with van der Waals surface area (Å²) in [5.41, 5.74) is 3.15. The number of nitrogens with one attached hydrogen (secondary N) is 2. The second-order valence-corrected chi connectivity index (χ2v) is 8.55. The fourth-order valence-corrected chi connectivity index (χ4v) is 4.39. The molecule has 1 amide bonds. The quantitative estimate of drug-likeness (QED) is 0.641. The van der Waals surface area contributed by atoms with Crippen LogP contribution in [0.25, 0.3) is 10.9 Å². The van der Waals surface area contributed by atoms with Gasteiger partial charge in [0, 0.05) is 49.6 Å². The van der Waals surface area contributed by atoms with E-state index in [2.05, 4.69) is 27.4 Å². The molecule has 2 aromatic heterocycles. The summed E-state index contributed by atoms with van der Waals surface area (Å²) < 4.78 is 0. The van der Waals surface area contributed by atoms with Gasteiger partial charge in [0.15, 0.2) is 0 Å². The molecular weight excluding hydrogens is 374 g/mol. The van der Waals surface area contributed by atoms with Crippen molar-refractivity contribution in [1.82, 2.24) is 20.3 Å². The van der Waals surface area contributed by atoms with Crippen LogP contribution in [0.3, 0.4) is 0 Å². The van der Waals surface area contributed by atoms with Crippen molar-refractivity contribution in [3.63, 3.8) is 0 Å². The van der Waals surface area contributed by atoms with Crippen molar-refractivity contribution in [2.24, 2.45) is 5.92 Å². The molecule has 0 radical (unpaired) electrons. The number of H-pyrrole nitrogens is 1. The summed E-state index contributed by atoms with van der Waals surface area (Å²) in [6, 6.07) is 10.1. The maximum atomic E-state index is 13.1. The normalized spacial score (nSPS) is 15.8. The highest BCUT2D eigenvalue weighted by atomic mass is 16.1. The van der Waals surface area contributed by atoms with Crippen LogP contribution in [-0.2, 0) is 11.2 Å². The average molecular weight is 406 g/mol. The molecule has 1 atom stereocenters. The molecule has 1 aliphatic carbocycles. The fourth-order valence-electron chi connectivity index (χ4n) is 4.39. The van der Waals surface area contributed by atoms with Gasteiger partial charge in [-0.1, -0.05) is 37.5 Å². The molecule has 4 rings (SSSR count). The van der Waals surface area contributed by atoms with Crippen LogP contribution < -0.4 is 10.2 Å². The number of benzene rings is 1. The van der Waals surface area contributed by atoms with E-state index in [0.717, 1.165) is 42.7 Å². The Kier molecular flexibility index (Phi) is 6.02. The van der Waals surface area contributed by atoms with Crippen LogP contribution in [-0.4, -0.2) is 35.0 Å². The van der Waals surface area contributed by atoms with Crippen molar-refractivity contribution in [3.05, 3.63) is 53.6 Å². The highest BCUT2D eigenvalue weighted by Crippen LogP contribution is 2.28. The number of nitrogens with zero attached hydrogens (tertiary/aromatic N) is 3. The number of rotatable bonds is 6. The largest absolute Gasteiger partial charge is 0.363 e. The molecule has 0 saturated heterocycles. The van der Waals surface area contributed by atoms with Gasteiger partial charge in [-0.25, -0.2) is 9.97 Å². The van der Waals surface area contributed by atoms with Gasteiger partial charge in [0.2, 0.25) is 5.91 Å². The lowest BCUT2D eigenvalue weighted by Crippen LogP contribution is -2.36. The van der Waals surface area contributed by atoms with Crippen LogP contribution in [0.2, 0.25) is 0 Å². The topological polar surface area (TPSA) is 73.9 Å². The van der Waals surface area contributed by atoms with Gasteiger partial charge in [0.25, 0.3) is 0 Å². The Hall–Kier alpha value is -2.89. The van der Waals surface area contributed by atoms with E-state index in [0.29, 0.717) is 12.2 Å². The van der Waals surface area contributed by atoms with E-state index >= 15 is 0 Å². The van der Waals surface area contributed by atoms with E-state index in [1.165, 1.54) is 17.4 Å². The van der Waals surface area contributed by atoms with Crippen LogP contribution in [0.5, 0.6) is 0 Å². The van der Waals surface area contributed by atoms with Crippen LogP contribution >= 0.6 is 0 Å². The Bertz CT molecular complexity index is 1020. The van der Waals surface area contributed by atoms with Crippen molar-refractivity contribution < 1.29 is 4.79 Å². The highest BCUT2D eigenvalue weighted by Gasteiger charge is 2.26. The molecule has 1 saturated carbocycles. The van der Waals surface area contributed by atoms with Crippen molar-refractivity contribution in [1.29, 1.82) is 0 Å². The molecule has 30 heavy (non-hydrogen) atoms. The van der Waals surface area contributed by atoms with Crippen molar-refractivity contribution in [2.45, 2.75) is 51.5 Å². The zero-order valence-electron chi connectivity index (χ0n) is 18.1. The Morgan fingerprint density at radius 3 is 2.73 bits per heavy atom. The van der Waals surface area contributed by atoms with E-state index in [-0.39, 0.29) is 17.9 Å². The Labute approximate surface area is 178 Å². The lowest BCUT2D eigenvalue weighted by Gasteiger charge is -2.25. The number of carbonyl (C=O) groups excluding carboxylic acids is 1. The molecule has 1 fully saturated rings. The summed E-state index contributed by atoms with van der Waals surface area (Å²) in [7, 11) is 3.95. The molecule has 6 nitrogen and oxygen atoms in total. The number of aromatic amines is 1. The standard InChI is InChI=1S/C24H31N5O/c1-16-26-22(14-23(27-16)29(2)3)21(28-24(30)17-9-5-4-6-10-17)13-18-15-25-20-12-8-7-11-19(18)20/h7-8,11-12,14-15,17,21,25H,4-6,9-10,13H2,1-3H3,(H,28,30). The van der Waals surface area contributed by atoms with Gasteiger partial charge in [0.1, 0.15) is 11.6 Å². The van der Waals surface area contributed by atoms with Crippen LogP contribution in [0.4, 0.5) is 5.82 Å². The molecule has 0 bridgehead atoms. The first-order valence-corrected chi connectivity index (χ1v) is 10.9. The Morgan fingerprint density at radius 2 is 1.97 bits per heavy atom. The fraction of sp³-hybridized carbons (Fsp3) is 0.458. The summed E-state index contributed by atoms with van der Waals surface area (Å²) in [4.78, 5) is 27.7. The van der Waals surface area contributed by atoms with E-state index in [1.807, 2.05) is 50.3 Å². The number of aryl methyl sites for hydroxylation is 1. The summed E-state index contributed by atoms with van der Waals surface area (Å²) >= 11 is 0. The lowest BCUT2D eigenvalue weighted by molar-refractivity contribution is -0.126. The summed E-state index contributed by atoms with van der Waals surface area (Å²) in [5, 5.41) is 4.53. The van der Waals surface area contributed by atoms with Gasteiger partial charge in [-0.3, -0.25) is 4.79 Å². The van der Waals surface area contributed by atoms with Gasteiger partial charge < -0.3 is 15.2 Å². The summed E-state index contributed by atoms with van der Waals surface area (Å²) in [6.07, 6.45) is 8.22. The number of carbonyl (C=O) groups is 1. The molecule has 1 unspecified atom stereocenters. The lowest BCUT2D eigenvalue weighted by atomic mass is 9.88. The highest BCUT2D eigenvalue weighted by molar-refractivity contribution is 5.83. The Balaban J connectivity index is 1.66. The third-order valence-corrected chi connectivity index (χ3v) is 6.05. The number of fused-ring (bicyclic) bond motifs is 1. The zero-order chi connectivity index (χ0) is 21.1. The smallest absolute Gasteiger partial charge is 0.223 e. The minimum Gasteiger partial charge on any atom is -0.363 e. The number of para-hydroxylation sites is 1. The molecule has 1 aromatic carbocycles. The van der Waals surface area contributed by atoms with E-state index in [9.17, 15) is 4.79 Å². The maximum Gasteiger partial charge on any atom is 0.223 e. The number of anilines is 1. The number of aromatic nitrogens is 3. The monoisotopic (exact) mass is 405 g/mol. The molecule has 6 heteroatoms. The minimum atomic E-state index is -0.195. The molecule has 0 spiro atoms. The molecule has 0 aliphatic heterocycles. The van der Waals surface area contributed by atoms with Crippen LogP contribution in [0.1, 0.15) is 55.2 Å². The number of amides is 1. The first kappa shape index (κ1) is 20.4. The third kappa shape index (κ3) is 4.48. The van der Waals surface area contributed by atoms with Crippen molar-refractivity contribution in [3.8, 4) is 0 Å². The van der Waals surface area contributed by atoms with Crippen molar-refractivity contribution >= 4 is 22.6 Å². The molecule has 2 heterocycles. The van der Waals surface area contributed by atoms with Gasteiger partial charge >= 0.3 is 0 Å². The van der Waals surface area contributed by atoms with Crippen LogP contribution in [0, 0.1) is 12.8 Å². The van der Waals surface area contributed by atoms with E-state index < -0.39 is 0 Å². The molecule has 158 valence electrons. The number of hydrogen-bond donors (Lipinski definition) is 2. The van der Waals surface area contributed by atoms with Crippen molar-refractivity contribution in [2.75, 3.05) is 19.0 Å². The van der Waals surface area contributed by atoms with Gasteiger partial charge in [-0.05, 0) is 31.4 Å².